The number of nitrogens with zero attached hydrogens (tertiary/aromatic N) is 1. The predicted molar refractivity (Wildman–Crippen MR) is 91.8 cm³/mol. The van der Waals surface area contributed by atoms with E-state index in [4.69, 9.17) is 0 Å². The number of likely N-dealkylation sites (tertiary alicyclic amines) is 1. The first kappa shape index (κ1) is 15.6. The lowest BCUT2D eigenvalue weighted by molar-refractivity contribution is 0.0713. The van der Waals surface area contributed by atoms with Gasteiger partial charge in [0.1, 0.15) is 5.75 Å². The summed E-state index contributed by atoms with van der Waals surface area (Å²) in [7, 11) is 0. The fourth-order valence-corrected chi connectivity index (χ4v) is 3.23. The van der Waals surface area contributed by atoms with Gasteiger partial charge in [0.2, 0.25) is 0 Å². The number of aryl methyl sites for hydroxylation is 1. The highest BCUT2D eigenvalue weighted by molar-refractivity contribution is 5.94. The summed E-state index contributed by atoms with van der Waals surface area (Å²) in [6.45, 7) is 3.70. The van der Waals surface area contributed by atoms with E-state index in [2.05, 4.69) is 6.92 Å². The zero-order valence-corrected chi connectivity index (χ0v) is 13.5. The number of amides is 1. The van der Waals surface area contributed by atoms with Gasteiger partial charge in [0.15, 0.2) is 0 Å². The number of carbonyl (C=O) groups is 1. The highest BCUT2D eigenvalue weighted by Crippen LogP contribution is 2.29. The molecule has 3 nitrogen and oxygen atoms in total. The van der Waals surface area contributed by atoms with E-state index < -0.39 is 0 Å². The molecule has 3 rings (SSSR count). The molecule has 1 aliphatic heterocycles. The van der Waals surface area contributed by atoms with E-state index in [0.29, 0.717) is 11.7 Å². The molecule has 0 aliphatic carbocycles. The Bertz CT molecular complexity index is 653. The lowest BCUT2D eigenvalue weighted by Gasteiger charge is -2.32. The van der Waals surface area contributed by atoms with Crippen molar-refractivity contribution in [2.45, 2.75) is 32.1 Å². The number of benzene rings is 2. The van der Waals surface area contributed by atoms with Gasteiger partial charge in [-0.05, 0) is 60.6 Å². The minimum absolute atomic E-state index is 0.136. The van der Waals surface area contributed by atoms with Gasteiger partial charge in [-0.15, -0.1) is 0 Å². The summed E-state index contributed by atoms with van der Waals surface area (Å²) in [5, 5.41) is 9.38. The molecule has 0 bridgehead atoms. The number of aromatic hydroxyl groups is 1. The molecule has 0 radical (unpaired) electrons. The maximum absolute atomic E-state index is 12.6. The standard InChI is InChI=1S/C20H23NO2/c1-2-15-3-5-18(6-4-15)20(23)21-13-11-17(12-14-21)16-7-9-19(22)10-8-16/h3-10,17,22H,2,11-14H2,1H3. The van der Waals surface area contributed by atoms with Gasteiger partial charge < -0.3 is 10.0 Å². The quantitative estimate of drug-likeness (QED) is 0.932. The van der Waals surface area contributed by atoms with E-state index in [1.165, 1.54) is 11.1 Å². The summed E-state index contributed by atoms with van der Waals surface area (Å²) in [4.78, 5) is 14.5. The molecule has 1 heterocycles. The first-order valence-corrected chi connectivity index (χ1v) is 8.34. The van der Waals surface area contributed by atoms with Crippen molar-refractivity contribution in [3.05, 3.63) is 65.2 Å². The molecule has 0 unspecified atom stereocenters. The average molecular weight is 309 g/mol. The summed E-state index contributed by atoms with van der Waals surface area (Å²) in [5.41, 5.74) is 3.29. The van der Waals surface area contributed by atoms with E-state index in [1.807, 2.05) is 41.3 Å². The van der Waals surface area contributed by atoms with Crippen molar-refractivity contribution in [2.24, 2.45) is 0 Å². The van der Waals surface area contributed by atoms with Crippen LogP contribution < -0.4 is 0 Å². The topological polar surface area (TPSA) is 40.5 Å². The molecular weight excluding hydrogens is 286 g/mol. The first-order valence-electron chi connectivity index (χ1n) is 8.34. The SMILES string of the molecule is CCc1ccc(C(=O)N2CCC(c3ccc(O)cc3)CC2)cc1. The van der Waals surface area contributed by atoms with Crippen LogP contribution in [0, 0.1) is 0 Å². The molecule has 0 spiro atoms. The summed E-state index contributed by atoms with van der Waals surface area (Å²) in [5.74, 6) is 0.913. The predicted octanol–water partition coefficient (Wildman–Crippen LogP) is 3.97. The van der Waals surface area contributed by atoms with Gasteiger partial charge in [-0.3, -0.25) is 4.79 Å². The third-order valence-corrected chi connectivity index (χ3v) is 4.76. The van der Waals surface area contributed by atoms with Crippen LogP contribution in [0.5, 0.6) is 5.75 Å². The molecule has 1 aliphatic rings. The van der Waals surface area contributed by atoms with Crippen LogP contribution in [-0.2, 0) is 6.42 Å². The lowest BCUT2D eigenvalue weighted by atomic mass is 9.89. The number of carbonyl (C=O) groups excluding carboxylic acids is 1. The second-order valence-corrected chi connectivity index (χ2v) is 6.21. The number of phenolic OH excluding ortho intramolecular Hbond substituents is 1. The molecule has 1 amide bonds. The van der Waals surface area contributed by atoms with Crippen LogP contribution in [0.4, 0.5) is 0 Å². The van der Waals surface area contributed by atoms with Crippen LogP contribution in [0.2, 0.25) is 0 Å². The largest absolute Gasteiger partial charge is 0.508 e. The maximum atomic E-state index is 12.6. The molecule has 1 N–H and O–H groups in total. The van der Waals surface area contributed by atoms with Gasteiger partial charge in [0.05, 0.1) is 0 Å². The molecule has 120 valence electrons. The van der Waals surface area contributed by atoms with Crippen LogP contribution in [0.3, 0.4) is 0 Å². The third-order valence-electron chi connectivity index (χ3n) is 4.76. The van der Waals surface area contributed by atoms with Crippen LogP contribution in [0.1, 0.15) is 47.2 Å². The Labute approximate surface area is 137 Å². The number of phenols is 1. The van der Waals surface area contributed by atoms with Crippen molar-refractivity contribution in [1.82, 2.24) is 4.90 Å². The molecule has 1 saturated heterocycles. The monoisotopic (exact) mass is 309 g/mol. The van der Waals surface area contributed by atoms with Gasteiger partial charge in [-0.25, -0.2) is 0 Å². The molecule has 1 fully saturated rings. The maximum Gasteiger partial charge on any atom is 0.253 e. The fraction of sp³-hybridized carbons (Fsp3) is 0.350. The Kier molecular flexibility index (Phi) is 4.65. The van der Waals surface area contributed by atoms with Crippen molar-refractivity contribution in [3.8, 4) is 5.75 Å². The second kappa shape index (κ2) is 6.86. The van der Waals surface area contributed by atoms with E-state index >= 15 is 0 Å². The molecule has 23 heavy (non-hydrogen) atoms. The van der Waals surface area contributed by atoms with Gasteiger partial charge in [-0.1, -0.05) is 31.2 Å². The van der Waals surface area contributed by atoms with Gasteiger partial charge in [0, 0.05) is 18.7 Å². The molecular formula is C20H23NO2. The van der Waals surface area contributed by atoms with E-state index in [9.17, 15) is 9.90 Å². The molecule has 2 aromatic carbocycles. The Morgan fingerprint density at radius 3 is 2.22 bits per heavy atom. The van der Waals surface area contributed by atoms with Crippen molar-refractivity contribution in [3.63, 3.8) is 0 Å². The Morgan fingerprint density at radius 1 is 1.04 bits per heavy atom. The highest BCUT2D eigenvalue weighted by atomic mass is 16.3. The van der Waals surface area contributed by atoms with E-state index in [1.54, 1.807) is 12.1 Å². The van der Waals surface area contributed by atoms with Gasteiger partial charge >= 0.3 is 0 Å². The summed E-state index contributed by atoms with van der Waals surface area (Å²) >= 11 is 0. The Hall–Kier alpha value is -2.29. The smallest absolute Gasteiger partial charge is 0.253 e. The van der Waals surface area contributed by atoms with Crippen LogP contribution >= 0.6 is 0 Å². The summed E-state index contributed by atoms with van der Waals surface area (Å²) in [6, 6.07) is 15.4. The number of hydrogen-bond acceptors (Lipinski definition) is 2. The highest BCUT2D eigenvalue weighted by Gasteiger charge is 2.24. The molecule has 2 aromatic rings. The first-order chi connectivity index (χ1) is 11.2. The number of hydrogen-bond donors (Lipinski definition) is 1. The second-order valence-electron chi connectivity index (χ2n) is 6.21. The molecule has 3 heteroatoms. The molecule has 0 aromatic heterocycles. The number of rotatable bonds is 3. The number of piperidine rings is 1. The molecule has 0 atom stereocenters. The van der Waals surface area contributed by atoms with Crippen LogP contribution in [-0.4, -0.2) is 29.0 Å². The molecule has 0 saturated carbocycles. The van der Waals surface area contributed by atoms with E-state index in [-0.39, 0.29) is 5.91 Å². The van der Waals surface area contributed by atoms with E-state index in [0.717, 1.165) is 37.9 Å². The van der Waals surface area contributed by atoms with Crippen molar-refractivity contribution in [2.75, 3.05) is 13.1 Å². The Balaban J connectivity index is 1.61. The lowest BCUT2D eigenvalue weighted by Crippen LogP contribution is -2.37. The van der Waals surface area contributed by atoms with Gasteiger partial charge in [-0.2, -0.15) is 0 Å². The van der Waals surface area contributed by atoms with Crippen molar-refractivity contribution in [1.29, 1.82) is 0 Å². The zero-order valence-electron chi connectivity index (χ0n) is 13.5. The van der Waals surface area contributed by atoms with Crippen molar-refractivity contribution >= 4 is 5.91 Å². The normalized spacial score (nSPS) is 15.6. The third kappa shape index (κ3) is 3.55. The minimum atomic E-state index is 0.136. The summed E-state index contributed by atoms with van der Waals surface area (Å²) in [6.07, 6.45) is 2.94. The fourth-order valence-electron chi connectivity index (χ4n) is 3.23. The average Bonchev–Trinajstić information content (AvgIpc) is 2.62. The van der Waals surface area contributed by atoms with Gasteiger partial charge in [0.25, 0.3) is 5.91 Å². The zero-order chi connectivity index (χ0) is 16.2. The summed E-state index contributed by atoms with van der Waals surface area (Å²) < 4.78 is 0. The van der Waals surface area contributed by atoms with Crippen LogP contribution in [0.25, 0.3) is 0 Å². The Morgan fingerprint density at radius 2 is 1.65 bits per heavy atom. The minimum Gasteiger partial charge on any atom is -0.508 e. The van der Waals surface area contributed by atoms with Crippen LogP contribution in [0.15, 0.2) is 48.5 Å². The van der Waals surface area contributed by atoms with Crippen molar-refractivity contribution < 1.29 is 9.90 Å².